The van der Waals surface area contributed by atoms with E-state index in [0.717, 1.165) is 0 Å². The number of Topliss-reactive ketones (excluding diaryl/α,β-unsaturated/α-hetero) is 2. The summed E-state index contributed by atoms with van der Waals surface area (Å²) in [6.45, 7) is 9.17. The Labute approximate surface area is 259 Å². The zero-order valence-corrected chi connectivity index (χ0v) is 26.4. The van der Waals surface area contributed by atoms with Crippen LogP contribution in [0.4, 0.5) is 0 Å². The van der Waals surface area contributed by atoms with Crippen LogP contribution in [0.3, 0.4) is 0 Å². The summed E-state index contributed by atoms with van der Waals surface area (Å²) in [6, 6.07) is 6.68. The molecule has 0 saturated heterocycles. The zero-order valence-electron chi connectivity index (χ0n) is 26.4. The number of rotatable bonds is 14. The second-order valence-corrected chi connectivity index (χ2v) is 12.1. The van der Waals surface area contributed by atoms with E-state index in [0.29, 0.717) is 73.6 Å². The second kappa shape index (κ2) is 16.6. The predicted molar refractivity (Wildman–Crippen MR) is 170 cm³/mol. The molecule has 0 spiro atoms. The number of benzene rings is 1. The molecule has 44 heavy (non-hydrogen) atoms. The van der Waals surface area contributed by atoms with Crippen molar-refractivity contribution in [1.82, 2.24) is 0 Å². The highest BCUT2D eigenvalue weighted by Crippen LogP contribution is 2.35. The molecule has 8 nitrogen and oxygen atoms in total. The van der Waals surface area contributed by atoms with E-state index in [1.54, 1.807) is 45.0 Å². The summed E-state index contributed by atoms with van der Waals surface area (Å²) in [5, 5.41) is 18.4. The molecule has 0 fully saturated rings. The minimum atomic E-state index is -0.890. The van der Waals surface area contributed by atoms with Crippen molar-refractivity contribution in [3.05, 3.63) is 70.8 Å². The normalized spacial score (nSPS) is 15.8. The van der Waals surface area contributed by atoms with Crippen molar-refractivity contribution in [2.75, 3.05) is 0 Å². The number of allylic oxidation sites excluding steroid dienone is 8. The van der Waals surface area contributed by atoms with E-state index < -0.39 is 23.3 Å². The predicted octanol–water partition coefficient (Wildman–Crippen LogP) is 6.98. The summed E-state index contributed by atoms with van der Waals surface area (Å²) in [5.41, 5.74) is 0.832. The molecule has 0 bridgehead atoms. The lowest BCUT2D eigenvalue weighted by atomic mass is 9.81. The maximum atomic E-state index is 13.5. The van der Waals surface area contributed by atoms with E-state index in [-0.39, 0.29) is 34.3 Å². The topological polar surface area (TPSA) is 143 Å². The van der Waals surface area contributed by atoms with E-state index in [2.05, 4.69) is 13.8 Å². The summed E-state index contributed by atoms with van der Waals surface area (Å²) in [5.74, 6) is -3.64. The summed E-state index contributed by atoms with van der Waals surface area (Å²) < 4.78 is 0. The minimum absolute atomic E-state index is 0.147. The smallest absolute Gasteiger partial charge is 0.309 e. The molecule has 1 unspecified atom stereocenters. The number of unbranched alkanes of at least 4 members (excludes halogenated alkanes) is 2. The maximum Gasteiger partial charge on any atom is 0.309 e. The first-order valence-electron chi connectivity index (χ1n) is 15.3. The summed E-state index contributed by atoms with van der Waals surface area (Å²) in [7, 11) is 0. The average molecular weight is 605 g/mol. The average Bonchev–Trinajstić information content (AvgIpc) is 2.96. The van der Waals surface area contributed by atoms with Crippen LogP contribution in [-0.2, 0) is 28.8 Å². The Morgan fingerprint density at radius 1 is 0.727 bits per heavy atom. The van der Waals surface area contributed by atoms with E-state index in [9.17, 15) is 33.9 Å². The summed E-state index contributed by atoms with van der Waals surface area (Å²) in [4.78, 5) is 74.5. The van der Waals surface area contributed by atoms with E-state index in [1.165, 1.54) is 30.7 Å². The standard InChI is InChI=1S/C33H36O8.C3H8/c1-20(31(38)39)10-4-5-11-21-16-23(34)18-27(29(21)36)25-13-6-7-14-26(25)28-19-24(35)17-22(30(28)37)12-8-9-15-33(2,3)32(40)41;1-3-2/h6-7,13-14,16-20H,4-5,8-12,15H2,1-3H3,(H,38,39)(H,40,41);3H2,1-2H3. The molecule has 0 radical (unpaired) electrons. The first-order chi connectivity index (χ1) is 20.7. The van der Waals surface area contributed by atoms with Crippen LogP contribution in [0, 0.1) is 11.3 Å². The number of carbonyl (C=O) groups is 6. The van der Waals surface area contributed by atoms with Gasteiger partial charge < -0.3 is 10.2 Å². The molecule has 1 atom stereocenters. The molecular formula is C36H44O8. The highest BCUT2D eigenvalue weighted by molar-refractivity contribution is 6.40. The monoisotopic (exact) mass is 604 g/mol. The maximum absolute atomic E-state index is 13.5. The Bertz CT molecular complexity index is 1420. The Morgan fingerprint density at radius 3 is 1.57 bits per heavy atom. The van der Waals surface area contributed by atoms with E-state index in [4.69, 9.17) is 5.11 Å². The number of carboxylic acids is 2. The van der Waals surface area contributed by atoms with Gasteiger partial charge in [0.15, 0.2) is 23.1 Å². The third kappa shape index (κ3) is 9.93. The van der Waals surface area contributed by atoms with Crippen LogP contribution in [0.2, 0.25) is 0 Å². The molecule has 2 N–H and O–H groups in total. The van der Waals surface area contributed by atoms with Gasteiger partial charge >= 0.3 is 11.9 Å². The molecule has 2 aliphatic carbocycles. The molecule has 3 rings (SSSR count). The van der Waals surface area contributed by atoms with Crippen LogP contribution < -0.4 is 0 Å². The second-order valence-electron chi connectivity index (χ2n) is 12.1. The SMILES string of the molecule is CC(CCCCC1=CC(=O)C=C(c2ccccc2C2=CC(=O)C=C(CCCCC(C)(C)C(=O)O)C2=O)C1=O)C(=O)O.CCC. The number of hydrogen-bond donors (Lipinski definition) is 2. The van der Waals surface area contributed by atoms with E-state index >= 15 is 0 Å². The largest absolute Gasteiger partial charge is 0.481 e. The fourth-order valence-electron chi connectivity index (χ4n) is 4.92. The van der Waals surface area contributed by atoms with Gasteiger partial charge in [-0.05, 0) is 87.8 Å². The van der Waals surface area contributed by atoms with Gasteiger partial charge in [0.25, 0.3) is 0 Å². The molecule has 8 heteroatoms. The van der Waals surface area contributed by atoms with Gasteiger partial charge in [0.05, 0.1) is 11.3 Å². The van der Waals surface area contributed by atoms with Crippen LogP contribution in [0.5, 0.6) is 0 Å². The molecule has 1 aromatic rings. The van der Waals surface area contributed by atoms with Crippen LogP contribution in [0.15, 0.2) is 59.7 Å². The minimum Gasteiger partial charge on any atom is -0.481 e. The number of aliphatic carboxylic acids is 2. The van der Waals surface area contributed by atoms with Crippen molar-refractivity contribution in [3.8, 4) is 0 Å². The van der Waals surface area contributed by atoms with Gasteiger partial charge in [-0.2, -0.15) is 0 Å². The highest BCUT2D eigenvalue weighted by Gasteiger charge is 2.30. The van der Waals surface area contributed by atoms with Crippen LogP contribution in [-0.4, -0.2) is 45.3 Å². The van der Waals surface area contributed by atoms with Gasteiger partial charge in [0.1, 0.15) is 0 Å². The molecule has 0 amide bonds. The third-order valence-electron chi connectivity index (χ3n) is 7.62. The summed E-state index contributed by atoms with van der Waals surface area (Å²) in [6.07, 6.45) is 10.1. The number of carbonyl (C=O) groups excluding carboxylic acids is 4. The molecule has 1 aromatic carbocycles. The lowest BCUT2D eigenvalue weighted by Crippen LogP contribution is -2.23. The van der Waals surface area contributed by atoms with E-state index in [1.807, 2.05) is 0 Å². The number of hydrogen-bond acceptors (Lipinski definition) is 6. The van der Waals surface area contributed by atoms with Gasteiger partial charge in [0, 0.05) is 22.3 Å². The molecule has 0 saturated carbocycles. The fraction of sp³-hybridized carbons (Fsp3) is 0.444. The van der Waals surface area contributed by atoms with Gasteiger partial charge in [-0.25, -0.2) is 0 Å². The Balaban J connectivity index is 0.00000216. The molecule has 0 aromatic heterocycles. The first kappa shape index (κ1) is 36.0. The lowest BCUT2D eigenvalue weighted by molar-refractivity contribution is -0.147. The van der Waals surface area contributed by atoms with Crippen LogP contribution in [0.1, 0.15) is 104 Å². The molecule has 236 valence electrons. The van der Waals surface area contributed by atoms with Crippen molar-refractivity contribution in [2.24, 2.45) is 11.3 Å². The van der Waals surface area contributed by atoms with Crippen molar-refractivity contribution in [3.63, 3.8) is 0 Å². The Kier molecular flexibility index (Phi) is 13.6. The van der Waals surface area contributed by atoms with Crippen molar-refractivity contribution < 1.29 is 39.0 Å². The summed E-state index contributed by atoms with van der Waals surface area (Å²) >= 11 is 0. The zero-order chi connectivity index (χ0) is 33.0. The van der Waals surface area contributed by atoms with Crippen molar-refractivity contribution >= 4 is 46.2 Å². The highest BCUT2D eigenvalue weighted by atomic mass is 16.4. The molecule has 0 heterocycles. The fourth-order valence-corrected chi connectivity index (χ4v) is 4.92. The van der Waals surface area contributed by atoms with Crippen LogP contribution in [0.25, 0.3) is 11.1 Å². The van der Waals surface area contributed by atoms with Gasteiger partial charge in [-0.3, -0.25) is 28.8 Å². The van der Waals surface area contributed by atoms with Crippen molar-refractivity contribution in [2.45, 2.75) is 92.4 Å². The number of ketones is 4. The third-order valence-corrected chi connectivity index (χ3v) is 7.62. The molecule has 0 aliphatic heterocycles. The first-order valence-corrected chi connectivity index (χ1v) is 15.3. The Hall–Kier alpha value is -4.20. The van der Waals surface area contributed by atoms with Crippen LogP contribution >= 0.6 is 0 Å². The number of carboxylic acid groups (broad SMARTS) is 2. The Morgan fingerprint density at radius 2 is 1.16 bits per heavy atom. The van der Waals surface area contributed by atoms with Gasteiger partial charge in [0.2, 0.25) is 0 Å². The molecule has 2 aliphatic rings. The lowest BCUT2D eigenvalue weighted by Gasteiger charge is -2.21. The van der Waals surface area contributed by atoms with Gasteiger partial charge in [-0.15, -0.1) is 0 Å². The molecular weight excluding hydrogens is 560 g/mol. The quantitative estimate of drug-likeness (QED) is 0.171. The van der Waals surface area contributed by atoms with Gasteiger partial charge in [-0.1, -0.05) is 64.3 Å². The van der Waals surface area contributed by atoms with Crippen molar-refractivity contribution in [1.29, 1.82) is 0 Å².